The van der Waals surface area contributed by atoms with Gasteiger partial charge in [-0.05, 0) is 32.0 Å². The lowest BCUT2D eigenvalue weighted by Crippen LogP contribution is -2.39. The number of fused-ring (bicyclic) bond motifs is 1. The van der Waals surface area contributed by atoms with Crippen molar-refractivity contribution in [3.8, 4) is 0 Å². The van der Waals surface area contributed by atoms with Gasteiger partial charge in [-0.1, -0.05) is 45.0 Å². The van der Waals surface area contributed by atoms with Crippen molar-refractivity contribution < 1.29 is 14.4 Å². The fourth-order valence-electron chi connectivity index (χ4n) is 4.08. The van der Waals surface area contributed by atoms with Gasteiger partial charge in [0, 0.05) is 34.6 Å². The first-order chi connectivity index (χ1) is 12.0. The molecule has 2 aliphatic rings. The minimum Gasteiger partial charge on any atom is -0.304 e. The molecule has 0 radical (unpaired) electrons. The van der Waals surface area contributed by atoms with Crippen LogP contribution in [0.1, 0.15) is 54.3 Å². The number of Topliss-reactive ketones (excluding diaryl/α,β-unsaturated/α-hetero) is 3. The SMILES string of the molecule is CCN(CC)CCC1C2=C(CC(=O)C1C)C(=O)c1ccccc1C2=O. The summed E-state index contributed by atoms with van der Waals surface area (Å²) in [5.41, 5.74) is 1.97. The Labute approximate surface area is 148 Å². The largest absolute Gasteiger partial charge is 0.304 e. The van der Waals surface area contributed by atoms with Gasteiger partial charge < -0.3 is 4.90 Å². The molecule has 0 heterocycles. The Morgan fingerprint density at radius 1 is 1.00 bits per heavy atom. The topological polar surface area (TPSA) is 54.5 Å². The molecule has 0 spiro atoms. The van der Waals surface area contributed by atoms with Crippen molar-refractivity contribution >= 4 is 17.3 Å². The van der Waals surface area contributed by atoms with Crippen LogP contribution in [0, 0.1) is 11.8 Å². The van der Waals surface area contributed by atoms with E-state index in [0.29, 0.717) is 22.3 Å². The molecule has 0 N–H and O–H groups in total. The van der Waals surface area contributed by atoms with Gasteiger partial charge in [0.05, 0.1) is 0 Å². The molecule has 4 heteroatoms. The number of ketones is 3. The van der Waals surface area contributed by atoms with E-state index in [9.17, 15) is 14.4 Å². The van der Waals surface area contributed by atoms with Gasteiger partial charge in [0.15, 0.2) is 11.6 Å². The molecule has 0 saturated heterocycles. The van der Waals surface area contributed by atoms with E-state index < -0.39 is 0 Å². The van der Waals surface area contributed by atoms with Crippen molar-refractivity contribution in [3.05, 3.63) is 46.5 Å². The number of hydrogen-bond donors (Lipinski definition) is 0. The van der Waals surface area contributed by atoms with Gasteiger partial charge in [0.2, 0.25) is 0 Å². The smallest absolute Gasteiger partial charge is 0.190 e. The summed E-state index contributed by atoms with van der Waals surface area (Å²) in [6.45, 7) is 8.82. The van der Waals surface area contributed by atoms with Gasteiger partial charge in [-0.25, -0.2) is 0 Å². The number of rotatable bonds is 5. The predicted molar refractivity (Wildman–Crippen MR) is 96.8 cm³/mol. The molecule has 3 rings (SSSR count). The molecule has 132 valence electrons. The van der Waals surface area contributed by atoms with Gasteiger partial charge in [-0.2, -0.15) is 0 Å². The Bertz CT molecular complexity index is 758. The molecule has 25 heavy (non-hydrogen) atoms. The van der Waals surface area contributed by atoms with E-state index in [1.807, 2.05) is 6.92 Å². The highest BCUT2D eigenvalue weighted by molar-refractivity contribution is 6.28. The van der Waals surface area contributed by atoms with E-state index in [2.05, 4.69) is 18.7 Å². The van der Waals surface area contributed by atoms with E-state index in [1.54, 1.807) is 24.3 Å². The third-order valence-electron chi connectivity index (χ3n) is 5.74. The summed E-state index contributed by atoms with van der Waals surface area (Å²) in [6.07, 6.45) is 0.825. The minimum atomic E-state index is -0.212. The van der Waals surface area contributed by atoms with Gasteiger partial charge in [0.25, 0.3) is 0 Å². The first kappa shape index (κ1) is 17.7. The first-order valence-corrected chi connectivity index (χ1v) is 9.16. The summed E-state index contributed by atoms with van der Waals surface area (Å²) in [6, 6.07) is 6.97. The Morgan fingerprint density at radius 2 is 1.60 bits per heavy atom. The predicted octanol–water partition coefficient (Wildman–Crippen LogP) is 3.32. The van der Waals surface area contributed by atoms with Crippen LogP contribution < -0.4 is 0 Å². The second-order valence-electron chi connectivity index (χ2n) is 6.95. The van der Waals surface area contributed by atoms with Crippen LogP contribution in [0.4, 0.5) is 0 Å². The van der Waals surface area contributed by atoms with Crippen LogP contribution in [0.15, 0.2) is 35.4 Å². The third kappa shape index (κ3) is 2.99. The normalized spacial score (nSPS) is 23.1. The van der Waals surface area contributed by atoms with Crippen LogP contribution in [-0.4, -0.2) is 41.9 Å². The summed E-state index contributed by atoms with van der Waals surface area (Å²) in [4.78, 5) is 40.8. The summed E-state index contributed by atoms with van der Waals surface area (Å²) < 4.78 is 0. The molecule has 0 fully saturated rings. The maximum absolute atomic E-state index is 13.1. The zero-order valence-corrected chi connectivity index (χ0v) is 15.2. The molecule has 4 nitrogen and oxygen atoms in total. The van der Waals surface area contributed by atoms with Crippen molar-refractivity contribution in [2.45, 2.75) is 33.6 Å². The third-order valence-corrected chi connectivity index (χ3v) is 5.74. The molecule has 2 atom stereocenters. The Hall–Kier alpha value is -2.07. The average molecular weight is 339 g/mol. The highest BCUT2D eigenvalue weighted by Crippen LogP contribution is 2.41. The maximum Gasteiger partial charge on any atom is 0.190 e. The lowest BCUT2D eigenvalue weighted by atomic mass is 9.67. The van der Waals surface area contributed by atoms with Gasteiger partial charge >= 0.3 is 0 Å². The number of nitrogens with zero attached hydrogens (tertiary/aromatic N) is 1. The van der Waals surface area contributed by atoms with E-state index in [-0.39, 0.29) is 35.6 Å². The minimum absolute atomic E-state index is 0.0610. The molecule has 0 bridgehead atoms. The summed E-state index contributed by atoms with van der Waals surface area (Å²) in [5.74, 6) is -0.505. The van der Waals surface area contributed by atoms with Crippen molar-refractivity contribution in [1.82, 2.24) is 4.90 Å². The Morgan fingerprint density at radius 3 is 2.20 bits per heavy atom. The lowest BCUT2D eigenvalue weighted by Gasteiger charge is -2.35. The number of carbonyl (C=O) groups excluding carboxylic acids is 3. The molecule has 1 aromatic rings. The molecule has 0 aromatic heterocycles. The standard InChI is InChI=1S/C21H25NO3/c1-4-22(5-2)11-10-14-13(3)18(23)12-17-19(14)21(25)16-9-7-6-8-15(16)20(17)24/h6-9,13-14H,4-5,10-12H2,1-3H3. The van der Waals surface area contributed by atoms with Gasteiger partial charge in [-0.15, -0.1) is 0 Å². The lowest BCUT2D eigenvalue weighted by molar-refractivity contribution is -0.123. The van der Waals surface area contributed by atoms with E-state index in [4.69, 9.17) is 0 Å². The van der Waals surface area contributed by atoms with Crippen LogP contribution >= 0.6 is 0 Å². The van der Waals surface area contributed by atoms with Gasteiger partial charge in [-0.3, -0.25) is 14.4 Å². The quantitative estimate of drug-likeness (QED) is 0.826. The molecule has 2 unspecified atom stereocenters. The maximum atomic E-state index is 13.1. The molecule has 0 aliphatic heterocycles. The average Bonchev–Trinajstić information content (AvgIpc) is 2.63. The van der Waals surface area contributed by atoms with Crippen LogP contribution in [-0.2, 0) is 4.79 Å². The van der Waals surface area contributed by atoms with Crippen LogP contribution in [0.2, 0.25) is 0 Å². The highest BCUT2D eigenvalue weighted by Gasteiger charge is 2.43. The van der Waals surface area contributed by atoms with E-state index >= 15 is 0 Å². The highest BCUT2D eigenvalue weighted by atomic mass is 16.1. The van der Waals surface area contributed by atoms with Crippen LogP contribution in [0.3, 0.4) is 0 Å². The monoisotopic (exact) mass is 339 g/mol. The molecular weight excluding hydrogens is 314 g/mol. The van der Waals surface area contributed by atoms with Crippen molar-refractivity contribution in [2.24, 2.45) is 11.8 Å². The second kappa shape index (κ2) is 7.04. The summed E-state index contributed by atoms with van der Waals surface area (Å²) >= 11 is 0. The van der Waals surface area contributed by atoms with Crippen molar-refractivity contribution in [1.29, 1.82) is 0 Å². The van der Waals surface area contributed by atoms with E-state index in [1.165, 1.54) is 0 Å². The fourth-order valence-corrected chi connectivity index (χ4v) is 4.08. The van der Waals surface area contributed by atoms with E-state index in [0.717, 1.165) is 26.1 Å². The molecule has 1 aromatic carbocycles. The van der Waals surface area contributed by atoms with Crippen molar-refractivity contribution in [2.75, 3.05) is 19.6 Å². The molecular formula is C21H25NO3. The number of hydrogen-bond acceptors (Lipinski definition) is 4. The Balaban J connectivity index is 2.01. The molecule has 0 saturated carbocycles. The summed E-state index contributed by atoms with van der Waals surface area (Å²) in [5, 5.41) is 0. The fraction of sp³-hybridized carbons (Fsp3) is 0.476. The van der Waals surface area contributed by atoms with Crippen molar-refractivity contribution in [3.63, 3.8) is 0 Å². The number of carbonyl (C=O) groups is 3. The zero-order valence-electron chi connectivity index (χ0n) is 15.2. The number of benzene rings is 1. The zero-order chi connectivity index (χ0) is 18.1. The van der Waals surface area contributed by atoms with Crippen LogP contribution in [0.25, 0.3) is 0 Å². The number of allylic oxidation sites excluding steroid dienone is 2. The van der Waals surface area contributed by atoms with Gasteiger partial charge in [0.1, 0.15) is 5.78 Å². The Kier molecular flexibility index (Phi) is 5.00. The second-order valence-corrected chi connectivity index (χ2v) is 6.95. The van der Waals surface area contributed by atoms with Crippen LogP contribution in [0.5, 0.6) is 0 Å². The first-order valence-electron chi connectivity index (χ1n) is 9.16. The summed E-state index contributed by atoms with van der Waals surface area (Å²) in [7, 11) is 0. The molecule has 0 amide bonds. The molecule has 2 aliphatic carbocycles.